The van der Waals surface area contributed by atoms with Crippen molar-refractivity contribution in [2.75, 3.05) is 26.4 Å². The Hall–Kier alpha value is -1.43. The molecular weight excluding hydrogens is 294 g/mol. The molecule has 5 rings (SSSR count). The normalized spacial score (nSPS) is 35.0. The predicted octanol–water partition coefficient (Wildman–Crippen LogP) is 2.06. The van der Waals surface area contributed by atoms with E-state index in [1.807, 2.05) is 6.08 Å². The number of carbonyl (C=O) groups excluding carboxylic acids is 1. The van der Waals surface area contributed by atoms with Gasteiger partial charge in [0.1, 0.15) is 0 Å². The summed E-state index contributed by atoms with van der Waals surface area (Å²) in [6.45, 7) is 2.51. The Labute approximate surface area is 135 Å². The zero-order chi connectivity index (χ0) is 15.5. The van der Waals surface area contributed by atoms with Crippen molar-refractivity contribution in [2.24, 2.45) is 0 Å². The van der Waals surface area contributed by atoms with Gasteiger partial charge in [-0.2, -0.15) is 0 Å². The Balaban J connectivity index is 1.65. The fourth-order valence-corrected chi connectivity index (χ4v) is 4.84. The van der Waals surface area contributed by atoms with Gasteiger partial charge < -0.3 is 19.1 Å². The number of hydrogen-bond acceptors (Lipinski definition) is 4. The molecule has 1 aliphatic carbocycles. The molecule has 5 aliphatic rings. The number of hydrogen-bond donors (Lipinski definition) is 0. The molecule has 0 aromatic rings. The van der Waals surface area contributed by atoms with Crippen molar-refractivity contribution in [1.82, 2.24) is 4.90 Å². The van der Waals surface area contributed by atoms with Crippen molar-refractivity contribution in [1.29, 1.82) is 0 Å². The minimum Gasteiger partial charge on any atom is -0.326 e. The first-order valence-electron chi connectivity index (χ1n) is 8.57. The van der Waals surface area contributed by atoms with Crippen LogP contribution in [0.4, 0.5) is 0 Å². The molecule has 0 unspecified atom stereocenters. The number of ether oxygens (including phenoxy) is 3. The average Bonchev–Trinajstić information content (AvgIpc) is 3.08. The van der Waals surface area contributed by atoms with Crippen LogP contribution in [0.3, 0.4) is 0 Å². The summed E-state index contributed by atoms with van der Waals surface area (Å²) >= 11 is 0. The highest BCUT2D eigenvalue weighted by Gasteiger charge is 2.55. The lowest BCUT2D eigenvalue weighted by molar-refractivity contribution is -0.332. The zero-order valence-electron chi connectivity index (χ0n) is 13.2. The van der Waals surface area contributed by atoms with Crippen LogP contribution in [0.1, 0.15) is 32.1 Å². The van der Waals surface area contributed by atoms with E-state index in [1.54, 1.807) is 0 Å². The minimum absolute atomic E-state index is 0.147. The van der Waals surface area contributed by atoms with Crippen molar-refractivity contribution < 1.29 is 19.0 Å². The number of amides is 1. The lowest BCUT2D eigenvalue weighted by Crippen LogP contribution is -2.53. The van der Waals surface area contributed by atoms with E-state index in [1.165, 1.54) is 11.1 Å². The van der Waals surface area contributed by atoms with Crippen LogP contribution in [-0.2, 0) is 19.0 Å². The van der Waals surface area contributed by atoms with E-state index < -0.39 is 5.97 Å². The molecule has 0 N–H and O–H groups in total. The summed E-state index contributed by atoms with van der Waals surface area (Å²) in [6, 6.07) is 0. The van der Waals surface area contributed by atoms with E-state index in [2.05, 4.69) is 17.1 Å². The summed E-state index contributed by atoms with van der Waals surface area (Å²) in [5, 5.41) is 0. The summed E-state index contributed by atoms with van der Waals surface area (Å²) in [5.41, 5.74) is 3.50. The van der Waals surface area contributed by atoms with Crippen molar-refractivity contribution >= 4 is 5.91 Å². The van der Waals surface area contributed by atoms with Gasteiger partial charge in [-0.1, -0.05) is 12.2 Å². The van der Waals surface area contributed by atoms with Gasteiger partial charge in [-0.15, -0.1) is 0 Å². The second-order valence-electron chi connectivity index (χ2n) is 6.92. The Morgan fingerprint density at radius 1 is 1.17 bits per heavy atom. The van der Waals surface area contributed by atoms with Gasteiger partial charge in [-0.25, -0.2) is 0 Å². The van der Waals surface area contributed by atoms with E-state index in [0.29, 0.717) is 26.2 Å². The standard InChI is InChI=1S/C18H21NO4/c20-16-10-14-5-1-2-6-17(14)15-11-18(21-8-9-22-18)23-12-13(15)4-3-7-19(16)17/h1,5,10H,2-4,6-9,11-12H2/t17-/m0/s1. The summed E-state index contributed by atoms with van der Waals surface area (Å²) in [7, 11) is 0. The molecule has 0 aromatic heterocycles. The molecule has 4 heterocycles. The van der Waals surface area contributed by atoms with Gasteiger partial charge >= 0.3 is 0 Å². The summed E-state index contributed by atoms with van der Waals surface area (Å²) in [5.74, 6) is -0.782. The largest absolute Gasteiger partial charge is 0.326 e. The fraction of sp³-hybridized carbons (Fsp3) is 0.611. The highest BCUT2D eigenvalue weighted by Crippen LogP contribution is 2.52. The Morgan fingerprint density at radius 2 is 2.04 bits per heavy atom. The minimum atomic E-state index is -0.929. The Kier molecular flexibility index (Phi) is 2.90. The second kappa shape index (κ2) is 4.79. The Bertz CT molecular complexity index is 656. The molecule has 5 heteroatoms. The van der Waals surface area contributed by atoms with Gasteiger partial charge in [0, 0.05) is 12.6 Å². The van der Waals surface area contributed by atoms with Crippen LogP contribution in [0.15, 0.2) is 34.9 Å². The molecule has 4 aliphatic heterocycles. The van der Waals surface area contributed by atoms with E-state index in [4.69, 9.17) is 14.2 Å². The van der Waals surface area contributed by atoms with Gasteiger partial charge in [-0.3, -0.25) is 4.79 Å². The molecule has 0 radical (unpaired) electrons. The molecule has 2 spiro atoms. The lowest BCUT2D eigenvalue weighted by atomic mass is 9.72. The van der Waals surface area contributed by atoms with Crippen molar-refractivity contribution in [2.45, 2.75) is 43.6 Å². The third kappa shape index (κ3) is 1.81. The maximum absolute atomic E-state index is 12.6. The quantitative estimate of drug-likeness (QED) is 0.642. The summed E-state index contributed by atoms with van der Waals surface area (Å²) < 4.78 is 17.6. The van der Waals surface area contributed by atoms with Crippen LogP contribution in [0.5, 0.6) is 0 Å². The third-order valence-corrected chi connectivity index (χ3v) is 5.83. The molecule has 1 amide bonds. The molecular formula is C18H21NO4. The Morgan fingerprint density at radius 3 is 2.91 bits per heavy atom. The highest BCUT2D eigenvalue weighted by molar-refractivity contribution is 5.95. The highest BCUT2D eigenvalue weighted by atomic mass is 16.9. The molecule has 1 fully saturated rings. The second-order valence-corrected chi connectivity index (χ2v) is 6.92. The van der Waals surface area contributed by atoms with E-state index in [9.17, 15) is 4.79 Å². The van der Waals surface area contributed by atoms with Crippen molar-refractivity contribution in [3.05, 3.63) is 34.9 Å². The first kappa shape index (κ1) is 14.0. The lowest BCUT2D eigenvalue weighted by Gasteiger charge is -2.47. The molecule has 1 saturated heterocycles. The average molecular weight is 315 g/mol. The smallest absolute Gasteiger partial charge is 0.287 e. The van der Waals surface area contributed by atoms with Gasteiger partial charge in [-0.05, 0) is 42.4 Å². The van der Waals surface area contributed by atoms with Crippen LogP contribution < -0.4 is 0 Å². The molecule has 5 nitrogen and oxygen atoms in total. The van der Waals surface area contributed by atoms with Crippen molar-refractivity contribution in [3.63, 3.8) is 0 Å². The first-order valence-corrected chi connectivity index (χ1v) is 8.57. The number of carbonyl (C=O) groups is 1. The van der Waals surface area contributed by atoms with E-state index >= 15 is 0 Å². The van der Waals surface area contributed by atoms with Gasteiger partial charge in [0.15, 0.2) is 0 Å². The van der Waals surface area contributed by atoms with Gasteiger partial charge in [0.05, 0.1) is 31.8 Å². The van der Waals surface area contributed by atoms with E-state index in [-0.39, 0.29) is 11.4 Å². The first-order chi connectivity index (χ1) is 11.2. The van der Waals surface area contributed by atoms with E-state index in [0.717, 1.165) is 37.8 Å². The maximum Gasteiger partial charge on any atom is 0.287 e. The predicted molar refractivity (Wildman–Crippen MR) is 82.4 cm³/mol. The monoisotopic (exact) mass is 315 g/mol. The SMILES string of the molecule is O=C1C=C2C=CCC[C@@]23C2=C(CCCN13)COC1(C2)OCCO1. The molecule has 0 aromatic carbocycles. The van der Waals surface area contributed by atoms with Crippen LogP contribution in [0.25, 0.3) is 0 Å². The third-order valence-electron chi connectivity index (χ3n) is 5.83. The van der Waals surface area contributed by atoms with Crippen LogP contribution in [-0.4, -0.2) is 48.7 Å². The van der Waals surface area contributed by atoms with Gasteiger partial charge in [0.25, 0.3) is 5.97 Å². The van der Waals surface area contributed by atoms with Crippen LogP contribution >= 0.6 is 0 Å². The molecule has 23 heavy (non-hydrogen) atoms. The van der Waals surface area contributed by atoms with Gasteiger partial charge in [0.2, 0.25) is 5.91 Å². The number of rotatable bonds is 0. The number of allylic oxidation sites excluding steroid dienone is 1. The molecule has 122 valence electrons. The topological polar surface area (TPSA) is 48.0 Å². The summed E-state index contributed by atoms with van der Waals surface area (Å²) in [6.07, 6.45) is 10.7. The molecule has 1 atom stereocenters. The van der Waals surface area contributed by atoms with Crippen LogP contribution in [0, 0.1) is 0 Å². The van der Waals surface area contributed by atoms with Crippen LogP contribution in [0.2, 0.25) is 0 Å². The summed E-state index contributed by atoms with van der Waals surface area (Å²) in [4.78, 5) is 14.7. The molecule has 0 saturated carbocycles. The zero-order valence-corrected chi connectivity index (χ0v) is 13.2. The maximum atomic E-state index is 12.6. The fourth-order valence-electron chi connectivity index (χ4n) is 4.84. The number of nitrogens with zero attached hydrogens (tertiary/aromatic N) is 1. The van der Waals surface area contributed by atoms with Crippen molar-refractivity contribution in [3.8, 4) is 0 Å². The molecule has 0 bridgehead atoms.